The number of anilines is 2. The molecule has 0 spiro atoms. The maximum atomic E-state index is 11.4. The Balaban J connectivity index is 1.84. The number of para-hydroxylation sites is 1. The van der Waals surface area contributed by atoms with Gasteiger partial charge in [0.15, 0.2) is 0 Å². The number of rotatable bonds is 3. The third kappa shape index (κ3) is 2.45. The van der Waals surface area contributed by atoms with Crippen LogP contribution in [-0.2, 0) is 12.8 Å². The van der Waals surface area contributed by atoms with Gasteiger partial charge in [-0.25, -0.2) is 14.8 Å². The molecule has 0 bridgehead atoms. The molecule has 0 unspecified atom stereocenters. The molecule has 2 N–H and O–H groups in total. The van der Waals surface area contributed by atoms with Crippen LogP contribution in [0.2, 0.25) is 0 Å². The highest BCUT2D eigenvalue weighted by molar-refractivity contribution is 7.19. The van der Waals surface area contributed by atoms with Crippen molar-refractivity contribution in [1.29, 1.82) is 0 Å². The van der Waals surface area contributed by atoms with Crippen LogP contribution in [0.1, 0.15) is 33.6 Å². The monoisotopic (exact) mass is 325 g/mol. The first-order valence-electron chi connectivity index (χ1n) is 7.58. The van der Waals surface area contributed by atoms with Gasteiger partial charge in [0.2, 0.25) is 0 Å². The van der Waals surface area contributed by atoms with Crippen LogP contribution in [0.15, 0.2) is 30.6 Å². The van der Waals surface area contributed by atoms with Crippen LogP contribution < -0.4 is 5.32 Å². The molecule has 1 aliphatic carbocycles. The van der Waals surface area contributed by atoms with E-state index in [1.54, 1.807) is 29.5 Å². The minimum Gasteiger partial charge on any atom is -0.478 e. The van der Waals surface area contributed by atoms with E-state index in [9.17, 15) is 9.90 Å². The van der Waals surface area contributed by atoms with E-state index in [2.05, 4.69) is 15.3 Å². The van der Waals surface area contributed by atoms with Gasteiger partial charge >= 0.3 is 5.97 Å². The molecule has 23 heavy (non-hydrogen) atoms. The van der Waals surface area contributed by atoms with E-state index in [1.165, 1.54) is 29.6 Å². The van der Waals surface area contributed by atoms with Gasteiger partial charge in [-0.05, 0) is 43.4 Å². The van der Waals surface area contributed by atoms with E-state index in [0.29, 0.717) is 11.5 Å². The third-order valence-electron chi connectivity index (χ3n) is 4.16. The molecule has 0 atom stereocenters. The van der Waals surface area contributed by atoms with Crippen LogP contribution >= 0.6 is 11.3 Å². The molecular formula is C17H15N3O2S. The Kier molecular flexibility index (Phi) is 3.46. The maximum absolute atomic E-state index is 11.4. The Morgan fingerprint density at radius 1 is 1.17 bits per heavy atom. The molecule has 0 saturated heterocycles. The highest BCUT2D eigenvalue weighted by Gasteiger charge is 2.20. The second kappa shape index (κ2) is 5.62. The largest absolute Gasteiger partial charge is 0.478 e. The molecule has 0 fully saturated rings. The lowest BCUT2D eigenvalue weighted by atomic mass is 9.97. The van der Waals surface area contributed by atoms with Crippen LogP contribution in [0.3, 0.4) is 0 Å². The number of aromatic carboxylic acids is 1. The fourth-order valence-corrected chi connectivity index (χ4v) is 4.32. The second-order valence-electron chi connectivity index (χ2n) is 5.59. The van der Waals surface area contributed by atoms with Crippen LogP contribution in [0, 0.1) is 0 Å². The van der Waals surface area contributed by atoms with E-state index in [0.717, 1.165) is 23.1 Å². The number of hydrogen-bond acceptors (Lipinski definition) is 5. The topological polar surface area (TPSA) is 75.1 Å². The number of benzene rings is 1. The molecule has 5 nitrogen and oxygen atoms in total. The van der Waals surface area contributed by atoms with Crippen LogP contribution in [0.25, 0.3) is 10.2 Å². The SMILES string of the molecule is O=C(O)c1ccccc1Nc1ncnc2sc3c(c12)CCCC3. The first-order chi connectivity index (χ1) is 11.2. The average molecular weight is 325 g/mol. The van der Waals surface area contributed by atoms with Crippen molar-refractivity contribution in [3.8, 4) is 0 Å². The highest BCUT2D eigenvalue weighted by Crippen LogP contribution is 2.39. The van der Waals surface area contributed by atoms with Crippen molar-refractivity contribution < 1.29 is 9.90 Å². The molecule has 0 amide bonds. The molecule has 2 heterocycles. The molecule has 3 aromatic rings. The molecule has 6 heteroatoms. The fraction of sp³-hybridized carbons (Fsp3) is 0.235. The predicted molar refractivity (Wildman–Crippen MR) is 90.7 cm³/mol. The van der Waals surface area contributed by atoms with Crippen LogP contribution in [0.4, 0.5) is 11.5 Å². The third-order valence-corrected chi connectivity index (χ3v) is 5.36. The van der Waals surface area contributed by atoms with Crippen LogP contribution in [-0.4, -0.2) is 21.0 Å². The van der Waals surface area contributed by atoms with Gasteiger partial charge in [-0.1, -0.05) is 12.1 Å². The van der Waals surface area contributed by atoms with Gasteiger partial charge in [0.05, 0.1) is 16.6 Å². The van der Waals surface area contributed by atoms with Crippen LogP contribution in [0.5, 0.6) is 0 Å². The molecule has 2 aromatic heterocycles. The zero-order valence-corrected chi connectivity index (χ0v) is 13.2. The van der Waals surface area contributed by atoms with Crippen molar-refractivity contribution in [3.63, 3.8) is 0 Å². The summed E-state index contributed by atoms with van der Waals surface area (Å²) >= 11 is 1.73. The molecule has 0 saturated carbocycles. The Bertz CT molecular complexity index is 904. The Hall–Kier alpha value is -2.47. The quantitative estimate of drug-likeness (QED) is 0.761. The summed E-state index contributed by atoms with van der Waals surface area (Å²) in [7, 11) is 0. The number of carbonyl (C=O) groups is 1. The summed E-state index contributed by atoms with van der Waals surface area (Å²) in [5.41, 5.74) is 2.12. The number of aromatic nitrogens is 2. The lowest BCUT2D eigenvalue weighted by Gasteiger charge is -2.13. The fourth-order valence-electron chi connectivity index (χ4n) is 3.09. The zero-order valence-electron chi connectivity index (χ0n) is 12.4. The van der Waals surface area contributed by atoms with E-state index in [-0.39, 0.29) is 5.56 Å². The summed E-state index contributed by atoms with van der Waals surface area (Å²) in [4.78, 5) is 22.5. The number of nitrogens with zero attached hydrogens (tertiary/aromatic N) is 2. The molecule has 0 aliphatic heterocycles. The smallest absolute Gasteiger partial charge is 0.337 e. The molecule has 1 aliphatic rings. The van der Waals surface area contributed by atoms with E-state index in [4.69, 9.17) is 0 Å². The highest BCUT2D eigenvalue weighted by atomic mass is 32.1. The normalized spacial score (nSPS) is 13.7. The summed E-state index contributed by atoms with van der Waals surface area (Å²) in [6.45, 7) is 0. The van der Waals surface area contributed by atoms with Gasteiger partial charge in [0.25, 0.3) is 0 Å². The summed E-state index contributed by atoms with van der Waals surface area (Å²) in [6, 6.07) is 6.88. The number of fused-ring (bicyclic) bond motifs is 3. The van der Waals surface area contributed by atoms with Crippen molar-refractivity contribution in [3.05, 3.63) is 46.6 Å². The summed E-state index contributed by atoms with van der Waals surface area (Å²) < 4.78 is 0. The Morgan fingerprint density at radius 2 is 2.00 bits per heavy atom. The molecule has 116 valence electrons. The van der Waals surface area contributed by atoms with Gasteiger partial charge in [0.1, 0.15) is 17.0 Å². The first-order valence-corrected chi connectivity index (χ1v) is 8.40. The van der Waals surface area contributed by atoms with Crippen molar-refractivity contribution in [2.75, 3.05) is 5.32 Å². The first kappa shape index (κ1) is 14.1. The second-order valence-corrected chi connectivity index (χ2v) is 6.67. The van der Waals surface area contributed by atoms with Gasteiger partial charge in [-0.2, -0.15) is 0 Å². The van der Waals surface area contributed by atoms with Gasteiger partial charge in [-0.3, -0.25) is 0 Å². The van der Waals surface area contributed by atoms with Gasteiger partial charge in [-0.15, -0.1) is 11.3 Å². The maximum Gasteiger partial charge on any atom is 0.337 e. The molecule has 1 aromatic carbocycles. The standard InChI is InChI=1S/C17H15N3O2S/c21-17(22)10-5-1-3-7-12(10)20-15-14-11-6-2-4-8-13(11)23-16(14)19-9-18-15/h1,3,5,7,9H,2,4,6,8H2,(H,21,22)(H,18,19,20). The lowest BCUT2D eigenvalue weighted by molar-refractivity contribution is 0.0698. The number of thiophene rings is 1. The number of carboxylic acid groups (broad SMARTS) is 1. The van der Waals surface area contributed by atoms with Crippen molar-refractivity contribution >= 4 is 39.0 Å². The number of nitrogens with one attached hydrogen (secondary N) is 1. The molecule has 4 rings (SSSR count). The van der Waals surface area contributed by atoms with E-state index in [1.807, 2.05) is 6.07 Å². The molecule has 0 radical (unpaired) electrons. The lowest BCUT2D eigenvalue weighted by Crippen LogP contribution is -2.05. The number of aryl methyl sites for hydroxylation is 2. The van der Waals surface area contributed by atoms with E-state index >= 15 is 0 Å². The van der Waals surface area contributed by atoms with Gasteiger partial charge < -0.3 is 10.4 Å². The Labute approximate surface area is 137 Å². The minimum atomic E-state index is -0.953. The minimum absolute atomic E-state index is 0.239. The number of carboxylic acids is 1. The van der Waals surface area contributed by atoms with Crippen molar-refractivity contribution in [2.24, 2.45) is 0 Å². The summed E-state index contributed by atoms with van der Waals surface area (Å²) in [5, 5.41) is 13.6. The van der Waals surface area contributed by atoms with Crippen molar-refractivity contribution in [2.45, 2.75) is 25.7 Å². The van der Waals surface area contributed by atoms with Crippen molar-refractivity contribution in [1.82, 2.24) is 9.97 Å². The molecular weight excluding hydrogens is 310 g/mol. The van der Waals surface area contributed by atoms with E-state index < -0.39 is 5.97 Å². The number of hydrogen-bond donors (Lipinski definition) is 2. The predicted octanol–water partition coefficient (Wildman–Crippen LogP) is 4.01. The van der Waals surface area contributed by atoms with Gasteiger partial charge in [0, 0.05) is 4.88 Å². The zero-order chi connectivity index (χ0) is 15.8. The summed E-state index contributed by atoms with van der Waals surface area (Å²) in [5.74, 6) is -0.256. The Morgan fingerprint density at radius 3 is 2.87 bits per heavy atom. The average Bonchev–Trinajstić information content (AvgIpc) is 2.94. The summed E-state index contributed by atoms with van der Waals surface area (Å²) in [6.07, 6.45) is 6.08.